The van der Waals surface area contributed by atoms with Gasteiger partial charge in [0.25, 0.3) is 0 Å². The van der Waals surface area contributed by atoms with Gasteiger partial charge in [-0.1, -0.05) is 5.16 Å². The Labute approximate surface area is 82.7 Å². The molecule has 1 aromatic heterocycles. The van der Waals surface area contributed by atoms with Crippen molar-refractivity contribution in [3.05, 3.63) is 29.7 Å². The van der Waals surface area contributed by atoms with Crippen LogP contribution in [0.25, 0.3) is 6.08 Å². The summed E-state index contributed by atoms with van der Waals surface area (Å²) < 4.78 is 5.22. The highest BCUT2D eigenvalue weighted by atomic mass is 16.4. The molecule has 0 aromatic carbocycles. The molecular weight excluding hydrogens is 178 g/mol. The van der Waals surface area contributed by atoms with Gasteiger partial charge >= 0.3 is 0 Å². The summed E-state index contributed by atoms with van der Waals surface area (Å²) in [5, 5.41) is 12.1. The van der Waals surface area contributed by atoms with E-state index in [4.69, 9.17) is 9.62 Å². The van der Waals surface area contributed by atoms with E-state index in [0.717, 1.165) is 42.7 Å². The molecule has 0 unspecified atom stereocenters. The normalized spacial score (nSPS) is 23.1. The maximum absolute atomic E-state index is 8.81. The molecule has 2 rings (SSSR count). The molecule has 3 nitrogen and oxygen atoms in total. The molecule has 0 aliphatic heterocycles. The van der Waals surface area contributed by atoms with Crippen LogP contribution in [-0.2, 0) is 0 Å². The third-order valence-electron chi connectivity index (χ3n) is 2.46. The maximum atomic E-state index is 8.81. The van der Waals surface area contributed by atoms with Gasteiger partial charge in [-0.25, -0.2) is 0 Å². The number of furan rings is 1. The predicted molar refractivity (Wildman–Crippen MR) is 54.4 cm³/mol. The van der Waals surface area contributed by atoms with Gasteiger partial charge in [0.05, 0.1) is 12.0 Å². The summed E-state index contributed by atoms with van der Waals surface area (Å²) in [5.41, 5.74) is 1.89. The minimum absolute atomic E-state index is 0.799. The Morgan fingerprint density at radius 2 is 2.21 bits per heavy atom. The van der Waals surface area contributed by atoms with Crippen molar-refractivity contribution in [2.24, 2.45) is 5.16 Å². The Morgan fingerprint density at radius 3 is 2.93 bits per heavy atom. The third-order valence-corrected chi connectivity index (χ3v) is 2.46. The standard InChI is InChI=1S/C11H13NO2/c13-12-11-6-2-1-4-9(11)8-10-5-3-7-14-10/h3,5,7-8,13H,1-2,4,6H2/b9-8-,12-11-. The highest BCUT2D eigenvalue weighted by Crippen LogP contribution is 2.23. The van der Waals surface area contributed by atoms with Gasteiger partial charge < -0.3 is 9.62 Å². The topological polar surface area (TPSA) is 45.7 Å². The summed E-state index contributed by atoms with van der Waals surface area (Å²) in [6.45, 7) is 0. The predicted octanol–water partition coefficient (Wildman–Crippen LogP) is 3.07. The molecule has 0 saturated heterocycles. The Kier molecular flexibility index (Phi) is 2.68. The zero-order chi connectivity index (χ0) is 9.80. The van der Waals surface area contributed by atoms with Gasteiger partial charge in [0, 0.05) is 0 Å². The van der Waals surface area contributed by atoms with Crippen molar-refractivity contribution in [2.75, 3.05) is 0 Å². The van der Waals surface area contributed by atoms with Gasteiger partial charge in [-0.2, -0.15) is 0 Å². The summed E-state index contributed by atoms with van der Waals surface area (Å²) in [4.78, 5) is 0. The lowest BCUT2D eigenvalue weighted by Gasteiger charge is -2.14. The fraction of sp³-hybridized carbons (Fsp3) is 0.364. The monoisotopic (exact) mass is 191 g/mol. The molecule has 1 saturated carbocycles. The maximum Gasteiger partial charge on any atom is 0.126 e. The van der Waals surface area contributed by atoms with Gasteiger partial charge in [-0.15, -0.1) is 0 Å². The molecule has 0 atom stereocenters. The molecule has 0 amide bonds. The van der Waals surface area contributed by atoms with Crippen LogP contribution in [0.15, 0.2) is 33.5 Å². The first-order chi connectivity index (χ1) is 6.90. The van der Waals surface area contributed by atoms with Crippen LogP contribution in [0.3, 0.4) is 0 Å². The van der Waals surface area contributed by atoms with E-state index in [1.165, 1.54) is 0 Å². The van der Waals surface area contributed by atoms with Crippen LogP contribution in [0, 0.1) is 0 Å². The van der Waals surface area contributed by atoms with Crippen LogP contribution < -0.4 is 0 Å². The highest BCUT2D eigenvalue weighted by molar-refractivity contribution is 6.03. The highest BCUT2D eigenvalue weighted by Gasteiger charge is 2.13. The third kappa shape index (κ3) is 1.87. The largest absolute Gasteiger partial charge is 0.465 e. The van der Waals surface area contributed by atoms with Crippen LogP contribution in [0.4, 0.5) is 0 Å². The number of allylic oxidation sites excluding steroid dienone is 1. The molecule has 0 bridgehead atoms. The number of hydrogen-bond acceptors (Lipinski definition) is 3. The molecule has 1 heterocycles. The second-order valence-electron chi connectivity index (χ2n) is 3.44. The van der Waals surface area contributed by atoms with E-state index in [0.29, 0.717) is 0 Å². The summed E-state index contributed by atoms with van der Waals surface area (Å²) in [5.74, 6) is 0.822. The first-order valence-corrected chi connectivity index (χ1v) is 4.85. The molecule has 14 heavy (non-hydrogen) atoms. The van der Waals surface area contributed by atoms with Crippen molar-refractivity contribution < 1.29 is 9.62 Å². The lowest BCUT2D eigenvalue weighted by Crippen LogP contribution is -2.08. The molecule has 3 heteroatoms. The molecule has 1 aromatic rings. The van der Waals surface area contributed by atoms with Gasteiger partial charge in [-0.3, -0.25) is 0 Å². The van der Waals surface area contributed by atoms with E-state index in [-0.39, 0.29) is 0 Å². The van der Waals surface area contributed by atoms with Gasteiger partial charge in [0.15, 0.2) is 0 Å². The number of hydrogen-bond donors (Lipinski definition) is 1. The minimum atomic E-state index is 0.799. The first kappa shape index (κ1) is 9.06. The van der Waals surface area contributed by atoms with Gasteiger partial charge in [0.2, 0.25) is 0 Å². The second kappa shape index (κ2) is 4.13. The Hall–Kier alpha value is -1.51. The summed E-state index contributed by atoms with van der Waals surface area (Å²) in [6.07, 6.45) is 7.70. The van der Waals surface area contributed by atoms with Crippen LogP contribution in [-0.4, -0.2) is 10.9 Å². The fourth-order valence-electron chi connectivity index (χ4n) is 1.73. The van der Waals surface area contributed by atoms with Crippen molar-refractivity contribution in [1.29, 1.82) is 0 Å². The molecule has 1 fully saturated rings. The van der Waals surface area contributed by atoms with Crippen LogP contribution in [0.5, 0.6) is 0 Å². The van der Waals surface area contributed by atoms with E-state index in [9.17, 15) is 0 Å². The summed E-state index contributed by atoms with van der Waals surface area (Å²) in [7, 11) is 0. The molecule has 1 aliphatic carbocycles. The molecule has 0 radical (unpaired) electrons. The lowest BCUT2D eigenvalue weighted by molar-refractivity contribution is 0.316. The van der Waals surface area contributed by atoms with Gasteiger partial charge in [-0.05, 0) is 49.5 Å². The molecule has 1 N–H and O–H groups in total. The molecule has 0 spiro atoms. The van der Waals surface area contributed by atoms with E-state index in [1.54, 1.807) is 6.26 Å². The van der Waals surface area contributed by atoms with Crippen LogP contribution >= 0.6 is 0 Å². The van der Waals surface area contributed by atoms with Crippen LogP contribution in [0.2, 0.25) is 0 Å². The fourth-order valence-corrected chi connectivity index (χ4v) is 1.73. The van der Waals surface area contributed by atoms with E-state index >= 15 is 0 Å². The van der Waals surface area contributed by atoms with Crippen molar-refractivity contribution in [3.63, 3.8) is 0 Å². The van der Waals surface area contributed by atoms with Crippen molar-refractivity contribution in [3.8, 4) is 0 Å². The molecule has 1 aliphatic rings. The lowest BCUT2D eigenvalue weighted by atomic mass is 9.92. The van der Waals surface area contributed by atoms with Crippen molar-refractivity contribution >= 4 is 11.8 Å². The minimum Gasteiger partial charge on any atom is -0.465 e. The number of nitrogens with zero attached hydrogens (tertiary/aromatic N) is 1. The quantitative estimate of drug-likeness (QED) is 0.547. The zero-order valence-corrected chi connectivity index (χ0v) is 7.94. The van der Waals surface area contributed by atoms with Crippen LogP contribution in [0.1, 0.15) is 31.4 Å². The molecule has 74 valence electrons. The SMILES string of the molecule is O/N=C1/CCCC/C1=C/c1ccco1. The number of oxime groups is 1. The van der Waals surface area contributed by atoms with Crippen molar-refractivity contribution in [1.82, 2.24) is 0 Å². The first-order valence-electron chi connectivity index (χ1n) is 4.85. The Bertz CT molecular complexity index is 349. The van der Waals surface area contributed by atoms with Crippen molar-refractivity contribution in [2.45, 2.75) is 25.7 Å². The van der Waals surface area contributed by atoms with E-state index in [2.05, 4.69) is 5.16 Å². The van der Waals surface area contributed by atoms with Gasteiger partial charge in [0.1, 0.15) is 5.76 Å². The Morgan fingerprint density at radius 1 is 1.36 bits per heavy atom. The summed E-state index contributed by atoms with van der Waals surface area (Å²) in [6, 6.07) is 3.75. The number of rotatable bonds is 1. The zero-order valence-electron chi connectivity index (χ0n) is 7.94. The smallest absolute Gasteiger partial charge is 0.126 e. The molecular formula is C11H13NO2. The second-order valence-corrected chi connectivity index (χ2v) is 3.44. The van der Waals surface area contributed by atoms with E-state index in [1.807, 2.05) is 18.2 Å². The van der Waals surface area contributed by atoms with E-state index < -0.39 is 0 Å². The average Bonchev–Trinajstić information content (AvgIpc) is 2.71. The average molecular weight is 191 g/mol. The summed E-state index contributed by atoms with van der Waals surface area (Å²) >= 11 is 0. The Balaban J connectivity index is 2.23.